The van der Waals surface area contributed by atoms with Crippen LogP contribution in [0.1, 0.15) is 69.3 Å². The third-order valence-electron chi connectivity index (χ3n) is 5.03. The zero-order chi connectivity index (χ0) is 19.8. The number of carbonyl (C=O) groups is 1. The van der Waals surface area contributed by atoms with Gasteiger partial charge in [0.25, 0.3) is 5.91 Å². The van der Waals surface area contributed by atoms with E-state index in [4.69, 9.17) is 11.6 Å². The predicted molar refractivity (Wildman–Crippen MR) is 114 cm³/mol. The van der Waals surface area contributed by atoms with Crippen LogP contribution in [0.15, 0.2) is 35.1 Å². The lowest BCUT2D eigenvalue weighted by Gasteiger charge is -2.20. The summed E-state index contributed by atoms with van der Waals surface area (Å²) < 4.78 is 0. The Morgan fingerprint density at radius 3 is 2.81 bits per heavy atom. The number of hydrogen-bond acceptors (Lipinski definition) is 2. The lowest BCUT2D eigenvalue weighted by atomic mass is 9.87. The van der Waals surface area contributed by atoms with Gasteiger partial charge in [-0.2, -0.15) is 0 Å². The molecule has 1 atom stereocenters. The van der Waals surface area contributed by atoms with Gasteiger partial charge in [0.1, 0.15) is 0 Å². The summed E-state index contributed by atoms with van der Waals surface area (Å²) >= 11 is 6.28. The summed E-state index contributed by atoms with van der Waals surface area (Å²) in [5, 5.41) is 6.96. The lowest BCUT2D eigenvalue weighted by molar-refractivity contribution is 0.0956. The zero-order valence-electron chi connectivity index (χ0n) is 17.1. The van der Waals surface area contributed by atoms with Crippen molar-refractivity contribution in [3.63, 3.8) is 0 Å². The molecular formula is C23H33ClN2O. The lowest BCUT2D eigenvalue weighted by Crippen LogP contribution is -2.27. The van der Waals surface area contributed by atoms with Crippen LogP contribution in [0.25, 0.3) is 0 Å². The highest BCUT2D eigenvalue weighted by molar-refractivity contribution is 6.33. The van der Waals surface area contributed by atoms with E-state index in [0.717, 1.165) is 44.2 Å². The van der Waals surface area contributed by atoms with Crippen molar-refractivity contribution in [3.05, 3.63) is 51.2 Å². The average Bonchev–Trinajstić information content (AvgIpc) is 2.63. The number of nitrogens with one attached hydrogen (secondary N) is 2. The van der Waals surface area contributed by atoms with Crippen LogP contribution in [-0.2, 0) is 6.42 Å². The fourth-order valence-electron chi connectivity index (χ4n) is 3.53. The molecule has 2 rings (SSSR count). The van der Waals surface area contributed by atoms with Crippen molar-refractivity contribution < 1.29 is 4.79 Å². The number of carbonyl (C=O) groups excluding carboxylic acids is 1. The molecule has 3 nitrogen and oxygen atoms in total. The molecule has 0 aliphatic heterocycles. The third-order valence-corrected chi connectivity index (χ3v) is 5.36. The highest BCUT2D eigenvalue weighted by Gasteiger charge is 2.16. The van der Waals surface area contributed by atoms with Gasteiger partial charge in [0, 0.05) is 12.6 Å². The van der Waals surface area contributed by atoms with Crippen LogP contribution >= 0.6 is 11.6 Å². The predicted octanol–water partition coefficient (Wildman–Crippen LogP) is 5.29. The molecule has 1 aromatic rings. The Hall–Kier alpha value is -1.54. The van der Waals surface area contributed by atoms with E-state index in [-0.39, 0.29) is 5.91 Å². The molecule has 4 heteroatoms. The molecule has 0 saturated heterocycles. The van der Waals surface area contributed by atoms with Gasteiger partial charge in [-0.3, -0.25) is 4.79 Å². The van der Waals surface area contributed by atoms with Gasteiger partial charge in [-0.25, -0.2) is 0 Å². The molecule has 0 saturated carbocycles. The molecule has 0 spiro atoms. The largest absolute Gasteiger partial charge is 0.348 e. The number of rotatable bonds is 9. The van der Waals surface area contributed by atoms with Crippen molar-refractivity contribution in [3.8, 4) is 0 Å². The SMILES string of the molecule is CCC1CC(C)=C=C(CNC(=O)c2cc(CCCNC(C)C)ccc2Cl)C1. The first-order chi connectivity index (χ1) is 12.9. The highest BCUT2D eigenvalue weighted by atomic mass is 35.5. The van der Waals surface area contributed by atoms with Crippen LogP contribution in [-0.4, -0.2) is 25.0 Å². The minimum Gasteiger partial charge on any atom is -0.348 e. The van der Waals surface area contributed by atoms with Gasteiger partial charge in [-0.15, -0.1) is 5.73 Å². The Morgan fingerprint density at radius 2 is 2.11 bits per heavy atom. The van der Waals surface area contributed by atoms with Gasteiger partial charge in [-0.05, 0) is 73.9 Å². The monoisotopic (exact) mass is 388 g/mol. The molecule has 1 aliphatic carbocycles. The highest BCUT2D eigenvalue weighted by Crippen LogP contribution is 2.26. The van der Waals surface area contributed by atoms with Gasteiger partial charge in [0.2, 0.25) is 0 Å². The van der Waals surface area contributed by atoms with Crippen LogP contribution < -0.4 is 10.6 Å². The van der Waals surface area contributed by atoms with E-state index in [0.29, 0.717) is 29.1 Å². The maximum Gasteiger partial charge on any atom is 0.253 e. The second kappa shape index (κ2) is 10.7. The molecular weight excluding hydrogens is 356 g/mol. The minimum atomic E-state index is -0.104. The van der Waals surface area contributed by atoms with Crippen LogP contribution in [0.4, 0.5) is 0 Å². The molecule has 0 heterocycles. The zero-order valence-corrected chi connectivity index (χ0v) is 17.9. The van der Waals surface area contributed by atoms with E-state index < -0.39 is 0 Å². The van der Waals surface area contributed by atoms with Crippen molar-refractivity contribution in [1.82, 2.24) is 10.6 Å². The molecule has 0 radical (unpaired) electrons. The van der Waals surface area contributed by atoms with Crippen molar-refractivity contribution in [2.45, 2.75) is 65.8 Å². The van der Waals surface area contributed by atoms with Crippen LogP contribution in [0.2, 0.25) is 5.02 Å². The first-order valence-corrected chi connectivity index (χ1v) is 10.5. The summed E-state index contributed by atoms with van der Waals surface area (Å²) in [5.41, 5.74) is 7.62. The molecule has 1 unspecified atom stereocenters. The first kappa shape index (κ1) is 21.8. The summed E-state index contributed by atoms with van der Waals surface area (Å²) in [7, 11) is 0. The molecule has 0 aromatic heterocycles. The molecule has 0 fully saturated rings. The Balaban J connectivity index is 1.95. The van der Waals surface area contributed by atoms with E-state index in [9.17, 15) is 4.79 Å². The molecule has 1 aromatic carbocycles. The van der Waals surface area contributed by atoms with Gasteiger partial charge in [0.15, 0.2) is 0 Å². The van der Waals surface area contributed by atoms with Crippen LogP contribution in [0.3, 0.4) is 0 Å². The maximum absolute atomic E-state index is 12.7. The Labute approximate surface area is 169 Å². The topological polar surface area (TPSA) is 41.1 Å². The quantitative estimate of drug-likeness (QED) is 0.445. The number of hydrogen-bond donors (Lipinski definition) is 2. The van der Waals surface area contributed by atoms with E-state index in [2.05, 4.69) is 44.1 Å². The maximum atomic E-state index is 12.7. The van der Waals surface area contributed by atoms with Gasteiger partial charge in [-0.1, -0.05) is 44.9 Å². The Kier molecular flexibility index (Phi) is 8.63. The molecule has 2 N–H and O–H groups in total. The molecule has 1 aliphatic rings. The van der Waals surface area contributed by atoms with Gasteiger partial charge >= 0.3 is 0 Å². The smallest absolute Gasteiger partial charge is 0.253 e. The minimum absolute atomic E-state index is 0.104. The molecule has 1 amide bonds. The number of halogens is 1. The third kappa shape index (κ3) is 7.18. The Bertz CT molecular complexity index is 717. The summed E-state index contributed by atoms with van der Waals surface area (Å²) in [6.07, 6.45) is 5.27. The second-order valence-electron chi connectivity index (χ2n) is 7.90. The molecule has 0 bridgehead atoms. The van der Waals surface area contributed by atoms with Gasteiger partial charge < -0.3 is 10.6 Å². The van der Waals surface area contributed by atoms with Crippen molar-refractivity contribution in [2.75, 3.05) is 13.1 Å². The fourth-order valence-corrected chi connectivity index (χ4v) is 3.73. The first-order valence-electron chi connectivity index (χ1n) is 10.1. The summed E-state index contributed by atoms with van der Waals surface area (Å²) in [6.45, 7) is 10.2. The number of aryl methyl sites for hydroxylation is 1. The molecule has 27 heavy (non-hydrogen) atoms. The summed E-state index contributed by atoms with van der Waals surface area (Å²) in [6, 6.07) is 6.27. The standard InChI is InChI=1S/C23H33ClN2O/c1-5-18-11-17(4)12-20(13-18)15-26-23(27)21-14-19(8-9-22(21)24)7-6-10-25-16(2)3/h8-9,14,16,18,25H,5-7,10-11,13,15H2,1-4H3,(H,26,27). The van der Waals surface area contributed by atoms with Crippen LogP contribution in [0.5, 0.6) is 0 Å². The summed E-state index contributed by atoms with van der Waals surface area (Å²) in [4.78, 5) is 12.7. The van der Waals surface area contributed by atoms with E-state index >= 15 is 0 Å². The Morgan fingerprint density at radius 1 is 1.33 bits per heavy atom. The van der Waals surface area contributed by atoms with Gasteiger partial charge in [0.05, 0.1) is 10.6 Å². The fraction of sp³-hybridized carbons (Fsp3) is 0.565. The molecule has 148 valence electrons. The summed E-state index contributed by atoms with van der Waals surface area (Å²) in [5.74, 6) is 0.567. The number of amides is 1. The van der Waals surface area contributed by atoms with E-state index in [1.807, 2.05) is 18.2 Å². The normalized spacial score (nSPS) is 16.9. The number of benzene rings is 1. The average molecular weight is 389 g/mol. The van der Waals surface area contributed by atoms with E-state index in [1.54, 1.807) is 0 Å². The van der Waals surface area contributed by atoms with Crippen molar-refractivity contribution in [2.24, 2.45) is 5.92 Å². The second-order valence-corrected chi connectivity index (χ2v) is 8.31. The van der Waals surface area contributed by atoms with Crippen LogP contribution in [0, 0.1) is 5.92 Å². The van der Waals surface area contributed by atoms with Crippen molar-refractivity contribution >= 4 is 17.5 Å². The van der Waals surface area contributed by atoms with E-state index in [1.165, 1.54) is 11.1 Å². The van der Waals surface area contributed by atoms with Crippen molar-refractivity contribution in [1.29, 1.82) is 0 Å².